The minimum atomic E-state index is 0.280. The number of nitrogen functional groups attached to an aromatic ring is 1. The molecule has 98 valence electrons. The molecule has 0 fully saturated rings. The maximum Gasteiger partial charge on any atom is 0.169 e. The lowest BCUT2D eigenvalue weighted by Gasteiger charge is -2.10. The van der Waals surface area contributed by atoms with E-state index in [0.717, 1.165) is 24.5 Å². The van der Waals surface area contributed by atoms with Gasteiger partial charge in [-0.05, 0) is 12.3 Å². The first kappa shape index (κ1) is 12.5. The van der Waals surface area contributed by atoms with Gasteiger partial charge in [0, 0.05) is 6.54 Å². The molecule has 2 aromatic heterocycles. The van der Waals surface area contributed by atoms with Crippen molar-refractivity contribution in [3.05, 3.63) is 17.8 Å². The molecule has 0 radical (unpaired) electrons. The first-order valence-electron chi connectivity index (χ1n) is 6.19. The number of aromatic nitrogens is 6. The highest BCUT2D eigenvalue weighted by atomic mass is 15.5. The molecule has 0 spiro atoms. The number of nitrogens with zero attached hydrogens (tertiary/aromatic N) is 6. The number of rotatable bonds is 5. The average molecular weight is 249 g/mol. The van der Waals surface area contributed by atoms with E-state index in [1.54, 1.807) is 11.0 Å². The molecule has 7 nitrogen and oxygen atoms in total. The van der Waals surface area contributed by atoms with Crippen LogP contribution in [0.1, 0.15) is 44.6 Å². The summed E-state index contributed by atoms with van der Waals surface area (Å²) < 4.78 is 3.69. The van der Waals surface area contributed by atoms with Crippen LogP contribution in [0.15, 0.2) is 6.33 Å². The van der Waals surface area contributed by atoms with Crippen LogP contribution in [0.25, 0.3) is 0 Å². The Bertz CT molecular complexity index is 511. The molecule has 18 heavy (non-hydrogen) atoms. The summed E-state index contributed by atoms with van der Waals surface area (Å²) in [6.07, 6.45) is 2.59. The molecule has 2 heterocycles. The molecule has 0 unspecified atom stereocenters. The predicted octanol–water partition coefficient (Wildman–Crippen LogP) is 1.03. The Morgan fingerprint density at radius 2 is 2.11 bits per heavy atom. The number of hydrogen-bond donors (Lipinski definition) is 1. The van der Waals surface area contributed by atoms with Gasteiger partial charge < -0.3 is 5.73 Å². The fourth-order valence-corrected chi connectivity index (χ4v) is 1.99. The summed E-state index contributed by atoms with van der Waals surface area (Å²) in [5.74, 6) is 1.65. The van der Waals surface area contributed by atoms with E-state index in [4.69, 9.17) is 5.73 Å². The SMILES string of the molecule is CCCn1ncnc1Cn1nnc(N)c1C(C)C. The second-order valence-electron chi connectivity index (χ2n) is 4.57. The minimum absolute atomic E-state index is 0.280. The van der Waals surface area contributed by atoms with Crippen molar-refractivity contribution in [3.8, 4) is 0 Å². The topological polar surface area (TPSA) is 87.4 Å². The van der Waals surface area contributed by atoms with Gasteiger partial charge in [-0.25, -0.2) is 14.3 Å². The van der Waals surface area contributed by atoms with Crippen LogP contribution >= 0.6 is 0 Å². The summed E-state index contributed by atoms with van der Waals surface area (Å²) in [6, 6.07) is 0. The van der Waals surface area contributed by atoms with Crippen LogP contribution in [-0.4, -0.2) is 29.8 Å². The third kappa shape index (κ3) is 2.34. The zero-order valence-corrected chi connectivity index (χ0v) is 11.0. The van der Waals surface area contributed by atoms with Gasteiger partial charge in [0.1, 0.15) is 18.7 Å². The van der Waals surface area contributed by atoms with E-state index in [-0.39, 0.29) is 5.92 Å². The van der Waals surface area contributed by atoms with Gasteiger partial charge in [0.15, 0.2) is 5.82 Å². The molecule has 2 aromatic rings. The lowest BCUT2D eigenvalue weighted by molar-refractivity contribution is 0.518. The van der Waals surface area contributed by atoms with Crippen LogP contribution in [0.4, 0.5) is 5.82 Å². The number of aryl methyl sites for hydroxylation is 1. The molecule has 0 aromatic carbocycles. The maximum absolute atomic E-state index is 5.83. The van der Waals surface area contributed by atoms with Crippen LogP contribution in [-0.2, 0) is 13.1 Å². The Morgan fingerprint density at radius 3 is 2.78 bits per heavy atom. The van der Waals surface area contributed by atoms with E-state index in [2.05, 4.69) is 41.2 Å². The molecule has 0 aliphatic carbocycles. The third-order valence-electron chi connectivity index (χ3n) is 2.77. The van der Waals surface area contributed by atoms with Crippen molar-refractivity contribution in [2.45, 2.75) is 46.2 Å². The molecular weight excluding hydrogens is 230 g/mol. The van der Waals surface area contributed by atoms with Crippen LogP contribution in [0, 0.1) is 0 Å². The van der Waals surface area contributed by atoms with Gasteiger partial charge in [0.2, 0.25) is 0 Å². The normalized spacial score (nSPS) is 11.3. The smallest absolute Gasteiger partial charge is 0.169 e. The Kier molecular flexibility index (Phi) is 3.59. The largest absolute Gasteiger partial charge is 0.381 e. The van der Waals surface area contributed by atoms with E-state index in [0.29, 0.717) is 12.4 Å². The Balaban J connectivity index is 2.26. The molecule has 2 rings (SSSR count). The molecule has 0 amide bonds. The molecule has 0 aliphatic rings. The van der Waals surface area contributed by atoms with Gasteiger partial charge in [-0.1, -0.05) is 26.0 Å². The van der Waals surface area contributed by atoms with Crippen LogP contribution < -0.4 is 5.73 Å². The van der Waals surface area contributed by atoms with Crippen LogP contribution in [0.2, 0.25) is 0 Å². The van der Waals surface area contributed by atoms with E-state index in [1.165, 1.54) is 0 Å². The van der Waals surface area contributed by atoms with Crippen LogP contribution in [0.5, 0.6) is 0 Å². The summed E-state index contributed by atoms with van der Waals surface area (Å²) in [6.45, 7) is 7.66. The van der Waals surface area contributed by atoms with Crippen molar-refractivity contribution in [2.75, 3.05) is 5.73 Å². The first-order valence-corrected chi connectivity index (χ1v) is 6.19. The molecule has 0 aliphatic heterocycles. The van der Waals surface area contributed by atoms with Gasteiger partial charge in [0.05, 0.1) is 5.69 Å². The monoisotopic (exact) mass is 249 g/mol. The standard InChI is InChI=1S/C11H19N7/c1-4-5-17-9(13-7-14-17)6-18-10(8(2)3)11(12)15-16-18/h7-8H,4-6,12H2,1-3H3. The number of anilines is 1. The molecule has 0 atom stereocenters. The summed E-state index contributed by atoms with van der Waals surface area (Å²) >= 11 is 0. The molecule has 0 saturated heterocycles. The molecule has 0 bridgehead atoms. The van der Waals surface area contributed by atoms with Gasteiger partial charge in [-0.3, -0.25) is 0 Å². The van der Waals surface area contributed by atoms with Crippen molar-refractivity contribution in [3.63, 3.8) is 0 Å². The maximum atomic E-state index is 5.83. The number of hydrogen-bond acceptors (Lipinski definition) is 5. The van der Waals surface area contributed by atoms with Gasteiger partial charge in [-0.2, -0.15) is 5.10 Å². The molecule has 0 saturated carbocycles. The Morgan fingerprint density at radius 1 is 1.33 bits per heavy atom. The minimum Gasteiger partial charge on any atom is -0.381 e. The van der Waals surface area contributed by atoms with Crippen molar-refractivity contribution in [1.82, 2.24) is 29.8 Å². The van der Waals surface area contributed by atoms with Gasteiger partial charge in [0.25, 0.3) is 0 Å². The summed E-state index contributed by atoms with van der Waals surface area (Å²) in [4.78, 5) is 4.26. The first-order chi connectivity index (χ1) is 8.63. The van der Waals surface area contributed by atoms with Crippen molar-refractivity contribution < 1.29 is 0 Å². The summed E-state index contributed by atoms with van der Waals surface area (Å²) in [5.41, 5.74) is 6.78. The second-order valence-corrected chi connectivity index (χ2v) is 4.57. The number of nitrogens with two attached hydrogens (primary N) is 1. The fraction of sp³-hybridized carbons (Fsp3) is 0.636. The molecule has 7 heteroatoms. The van der Waals surface area contributed by atoms with E-state index in [1.807, 2.05) is 4.68 Å². The highest BCUT2D eigenvalue weighted by Crippen LogP contribution is 2.19. The zero-order valence-electron chi connectivity index (χ0n) is 11.0. The third-order valence-corrected chi connectivity index (χ3v) is 2.77. The summed E-state index contributed by atoms with van der Waals surface area (Å²) in [7, 11) is 0. The van der Waals surface area contributed by atoms with Gasteiger partial charge in [-0.15, -0.1) is 5.10 Å². The summed E-state index contributed by atoms with van der Waals surface area (Å²) in [5, 5.41) is 12.2. The van der Waals surface area contributed by atoms with E-state index < -0.39 is 0 Å². The highest BCUT2D eigenvalue weighted by molar-refractivity contribution is 5.35. The lowest BCUT2D eigenvalue weighted by atomic mass is 10.1. The van der Waals surface area contributed by atoms with Crippen molar-refractivity contribution in [2.24, 2.45) is 0 Å². The van der Waals surface area contributed by atoms with E-state index in [9.17, 15) is 0 Å². The van der Waals surface area contributed by atoms with Gasteiger partial charge >= 0.3 is 0 Å². The zero-order chi connectivity index (χ0) is 13.1. The van der Waals surface area contributed by atoms with Crippen LogP contribution in [0.3, 0.4) is 0 Å². The van der Waals surface area contributed by atoms with Crippen molar-refractivity contribution in [1.29, 1.82) is 0 Å². The predicted molar refractivity (Wildman–Crippen MR) is 67.9 cm³/mol. The lowest BCUT2D eigenvalue weighted by Crippen LogP contribution is -2.14. The quantitative estimate of drug-likeness (QED) is 0.855. The van der Waals surface area contributed by atoms with E-state index >= 15 is 0 Å². The Labute approximate surface area is 106 Å². The Hall–Kier alpha value is -1.92. The highest BCUT2D eigenvalue weighted by Gasteiger charge is 2.15. The molecular formula is C11H19N7. The molecule has 2 N–H and O–H groups in total. The van der Waals surface area contributed by atoms with Crippen molar-refractivity contribution >= 4 is 5.82 Å². The fourth-order valence-electron chi connectivity index (χ4n) is 1.99. The second kappa shape index (κ2) is 5.16. The average Bonchev–Trinajstić information content (AvgIpc) is 2.88.